The average Bonchev–Trinajstić information content (AvgIpc) is 3.94. The van der Waals surface area contributed by atoms with Crippen molar-refractivity contribution in [3.63, 3.8) is 0 Å². The lowest BCUT2D eigenvalue weighted by molar-refractivity contribution is 0.669. The minimum atomic E-state index is 0.674. The number of benzene rings is 9. The van der Waals surface area contributed by atoms with Crippen molar-refractivity contribution in [1.29, 1.82) is 0 Å². The van der Waals surface area contributed by atoms with E-state index in [1.807, 2.05) is 42.5 Å². The van der Waals surface area contributed by atoms with E-state index >= 15 is 0 Å². The maximum atomic E-state index is 6.75. The van der Waals surface area contributed by atoms with Crippen molar-refractivity contribution in [3.8, 4) is 78.4 Å². The summed E-state index contributed by atoms with van der Waals surface area (Å²) in [6, 6.07) is 76.1. The van der Waals surface area contributed by atoms with Gasteiger partial charge in [0.25, 0.3) is 0 Å². The molecule has 0 aliphatic heterocycles. The average molecular weight is 793 g/mol. The van der Waals surface area contributed by atoms with Crippen molar-refractivity contribution in [2.24, 2.45) is 0 Å². The second-order valence-electron chi connectivity index (χ2n) is 15.7. The zero-order chi connectivity index (χ0) is 41.0. The Morgan fingerprint density at radius 1 is 0.274 bits per heavy atom. The van der Waals surface area contributed by atoms with Crippen LogP contribution < -0.4 is 0 Å². The number of rotatable bonds is 7. The van der Waals surface area contributed by atoms with E-state index in [2.05, 4.69) is 176 Å². The molecule has 0 unspecified atom stereocenters. The molecule has 290 valence electrons. The summed E-state index contributed by atoms with van der Waals surface area (Å²) < 4.78 is 13.3. The minimum absolute atomic E-state index is 0.674. The fourth-order valence-electron chi connectivity index (χ4n) is 8.89. The zero-order valence-corrected chi connectivity index (χ0v) is 33.5. The monoisotopic (exact) mass is 792 g/mol. The van der Waals surface area contributed by atoms with Crippen LogP contribution in [0, 0.1) is 0 Å². The van der Waals surface area contributed by atoms with Gasteiger partial charge in [-0.25, -0.2) is 9.97 Å². The Morgan fingerprint density at radius 3 is 1.45 bits per heavy atom. The number of para-hydroxylation sites is 3. The third-order valence-electron chi connectivity index (χ3n) is 11.9. The van der Waals surface area contributed by atoms with Gasteiger partial charge in [0.1, 0.15) is 22.3 Å². The van der Waals surface area contributed by atoms with Gasteiger partial charge in [-0.15, -0.1) is 0 Å². The summed E-state index contributed by atoms with van der Waals surface area (Å²) in [5.41, 5.74) is 16.8. The van der Waals surface area contributed by atoms with Crippen LogP contribution >= 0.6 is 0 Å². The molecule has 12 rings (SSSR count). The van der Waals surface area contributed by atoms with Crippen LogP contribution in [-0.4, -0.2) is 9.97 Å². The quantitative estimate of drug-likeness (QED) is 0.161. The lowest BCUT2D eigenvalue weighted by atomic mass is 9.93. The van der Waals surface area contributed by atoms with Gasteiger partial charge in [-0.3, -0.25) is 0 Å². The zero-order valence-electron chi connectivity index (χ0n) is 33.5. The van der Waals surface area contributed by atoms with Gasteiger partial charge < -0.3 is 8.83 Å². The van der Waals surface area contributed by atoms with Crippen LogP contribution in [0.4, 0.5) is 0 Å². The molecule has 0 spiro atoms. The van der Waals surface area contributed by atoms with Crippen LogP contribution in [0.15, 0.2) is 227 Å². The smallest absolute Gasteiger partial charge is 0.160 e. The molecule has 0 bridgehead atoms. The molecule has 4 heteroatoms. The molecule has 12 aromatic rings. The molecule has 0 atom stereocenters. The van der Waals surface area contributed by atoms with E-state index in [4.69, 9.17) is 18.8 Å². The van der Waals surface area contributed by atoms with Gasteiger partial charge in [0.05, 0.1) is 11.4 Å². The van der Waals surface area contributed by atoms with Crippen LogP contribution in [0.2, 0.25) is 0 Å². The Bertz CT molecular complexity index is 3550. The largest absolute Gasteiger partial charge is 0.455 e. The third-order valence-corrected chi connectivity index (χ3v) is 11.9. The highest BCUT2D eigenvalue weighted by Gasteiger charge is 2.21. The Morgan fingerprint density at radius 2 is 0.774 bits per heavy atom. The first-order valence-electron chi connectivity index (χ1n) is 20.9. The third kappa shape index (κ3) is 6.16. The standard InChI is InChI=1S/C58H36N2O2/c1-4-15-37(16-5-1)42-33-43(38-17-6-2-7-18-38)35-44(34-42)52-36-51(59-58(60-52)41-19-8-3-9-20-41)40-29-27-39(28-30-40)45-31-32-47(55-50-22-11-13-26-54(50)62-57(45)55)49-24-14-23-48-46-21-10-12-25-53(46)61-56(48)49/h1-36H. The van der Waals surface area contributed by atoms with Crippen molar-refractivity contribution in [3.05, 3.63) is 218 Å². The van der Waals surface area contributed by atoms with E-state index in [1.165, 1.54) is 0 Å². The minimum Gasteiger partial charge on any atom is -0.455 e. The Kier molecular flexibility index (Phi) is 8.46. The van der Waals surface area contributed by atoms with Gasteiger partial charge in [-0.05, 0) is 75.8 Å². The lowest BCUT2D eigenvalue weighted by Gasteiger charge is -2.13. The fraction of sp³-hybridized carbons (Fsp3) is 0. The van der Waals surface area contributed by atoms with E-state index in [-0.39, 0.29) is 0 Å². The first-order chi connectivity index (χ1) is 30.7. The molecule has 0 aliphatic rings. The lowest BCUT2D eigenvalue weighted by Crippen LogP contribution is -1.96. The predicted molar refractivity (Wildman–Crippen MR) is 255 cm³/mol. The van der Waals surface area contributed by atoms with Crippen LogP contribution in [0.3, 0.4) is 0 Å². The summed E-state index contributed by atoms with van der Waals surface area (Å²) in [4.78, 5) is 10.4. The number of nitrogens with zero attached hydrogens (tertiary/aromatic N) is 2. The molecular formula is C58H36N2O2. The van der Waals surface area contributed by atoms with Gasteiger partial charge in [-0.2, -0.15) is 0 Å². The van der Waals surface area contributed by atoms with Crippen molar-refractivity contribution < 1.29 is 8.83 Å². The molecule has 0 saturated heterocycles. The number of fused-ring (bicyclic) bond motifs is 6. The number of furan rings is 2. The van der Waals surface area contributed by atoms with Gasteiger partial charge in [0.15, 0.2) is 5.82 Å². The molecule has 4 nitrogen and oxygen atoms in total. The van der Waals surface area contributed by atoms with Crippen molar-refractivity contribution in [2.45, 2.75) is 0 Å². The van der Waals surface area contributed by atoms with Crippen LogP contribution in [0.1, 0.15) is 0 Å². The Labute approximate surface area is 358 Å². The Hall–Kier alpha value is -8.34. The first-order valence-corrected chi connectivity index (χ1v) is 20.9. The highest BCUT2D eigenvalue weighted by Crippen LogP contribution is 2.45. The molecular weight excluding hydrogens is 757 g/mol. The van der Waals surface area contributed by atoms with E-state index in [1.54, 1.807) is 0 Å². The molecule has 0 amide bonds. The summed E-state index contributed by atoms with van der Waals surface area (Å²) >= 11 is 0. The molecule has 9 aromatic carbocycles. The van der Waals surface area contributed by atoms with E-state index in [0.29, 0.717) is 5.82 Å². The molecule has 62 heavy (non-hydrogen) atoms. The van der Waals surface area contributed by atoms with Gasteiger partial charge in [0.2, 0.25) is 0 Å². The first kappa shape index (κ1) is 35.6. The maximum Gasteiger partial charge on any atom is 0.160 e. The molecule has 0 saturated carbocycles. The predicted octanol–water partition coefficient (Wildman–Crippen LogP) is 15.9. The topological polar surface area (TPSA) is 52.1 Å². The molecule has 3 aromatic heterocycles. The fourth-order valence-corrected chi connectivity index (χ4v) is 8.89. The molecule has 3 heterocycles. The molecule has 0 N–H and O–H groups in total. The van der Waals surface area contributed by atoms with Gasteiger partial charge in [-0.1, -0.05) is 176 Å². The van der Waals surface area contributed by atoms with Crippen LogP contribution in [0.25, 0.3) is 122 Å². The molecule has 0 radical (unpaired) electrons. The van der Waals surface area contributed by atoms with Crippen molar-refractivity contribution >= 4 is 43.9 Å². The normalized spacial score (nSPS) is 11.5. The molecule has 0 fully saturated rings. The summed E-state index contributed by atoms with van der Waals surface area (Å²) in [6.07, 6.45) is 0. The highest BCUT2D eigenvalue weighted by atomic mass is 16.3. The van der Waals surface area contributed by atoms with Crippen molar-refractivity contribution in [1.82, 2.24) is 9.97 Å². The van der Waals surface area contributed by atoms with Crippen LogP contribution in [-0.2, 0) is 0 Å². The van der Waals surface area contributed by atoms with Gasteiger partial charge >= 0.3 is 0 Å². The SMILES string of the molecule is c1ccc(-c2cc(-c3ccccc3)cc(-c3cc(-c4ccc(-c5ccc(-c6cccc7c6oc6ccccc67)c6c5oc5ccccc56)cc4)nc(-c4ccccc4)n3)c2)cc1. The second-order valence-corrected chi connectivity index (χ2v) is 15.7. The second kappa shape index (κ2) is 14.7. The van der Waals surface area contributed by atoms with Gasteiger partial charge in [0, 0.05) is 49.4 Å². The summed E-state index contributed by atoms with van der Waals surface area (Å²) in [7, 11) is 0. The van der Waals surface area contributed by atoms with E-state index in [9.17, 15) is 0 Å². The summed E-state index contributed by atoms with van der Waals surface area (Å²) in [6.45, 7) is 0. The maximum absolute atomic E-state index is 6.75. The van der Waals surface area contributed by atoms with E-state index in [0.717, 1.165) is 116 Å². The van der Waals surface area contributed by atoms with Crippen molar-refractivity contribution in [2.75, 3.05) is 0 Å². The van der Waals surface area contributed by atoms with E-state index < -0.39 is 0 Å². The number of hydrogen-bond acceptors (Lipinski definition) is 4. The van der Waals surface area contributed by atoms with Crippen LogP contribution in [0.5, 0.6) is 0 Å². The summed E-state index contributed by atoms with van der Waals surface area (Å²) in [5, 5.41) is 4.34. The highest BCUT2D eigenvalue weighted by molar-refractivity contribution is 6.19. The molecule has 0 aliphatic carbocycles. The number of hydrogen-bond donors (Lipinski definition) is 0. The number of aromatic nitrogens is 2. The summed E-state index contributed by atoms with van der Waals surface area (Å²) in [5.74, 6) is 0.674. The Balaban J connectivity index is 0.991.